The maximum Gasteiger partial charge on any atom is 0.215 e. The third-order valence-electron chi connectivity index (χ3n) is 0. The number of hydrogen-bond acceptors (Lipinski definition) is 0. The molecule has 2 N–H and O–H groups in total. The Bertz CT molecular complexity index is 11.6. The lowest BCUT2D eigenvalue weighted by Crippen LogP contribution is -1.67. The normalized spacial score (nSPS) is 7.00. The second kappa shape index (κ2) is 4.49. The molecule has 0 aliphatic carbocycles. The third-order valence-corrected chi connectivity index (χ3v) is 0. The van der Waals surface area contributed by atoms with Gasteiger partial charge < -0.3 is 5.48 Å². The topological polar surface area (TPSA) is 31.5 Å². The summed E-state index contributed by atoms with van der Waals surface area (Å²) in [6.45, 7) is 4.46. The zero-order valence-electron chi connectivity index (χ0n) is 4.08. The van der Waals surface area contributed by atoms with Crippen LogP contribution in [-0.2, 0) is 0 Å². The molecule has 0 aromatic rings. The van der Waals surface area contributed by atoms with Crippen molar-refractivity contribution in [1.82, 2.24) is 0 Å². The van der Waals surface area contributed by atoms with Crippen LogP contribution in [0, 0.1) is 0 Å². The first-order chi connectivity index (χ1) is 1.73. The van der Waals surface area contributed by atoms with Crippen molar-refractivity contribution in [3.05, 3.63) is 0 Å². The Hall–Kier alpha value is 0.492. The molecule has 2 heteroatoms. The molecule has 0 bridgehead atoms. The van der Waals surface area contributed by atoms with E-state index in [1.165, 1.54) is 16.3 Å². The molecule has 0 fully saturated rings. The SMILES string of the molecule is C[CH](C)[AlH2].O. The highest BCUT2D eigenvalue weighted by atomic mass is 27.0. The van der Waals surface area contributed by atoms with E-state index >= 15 is 0 Å². The van der Waals surface area contributed by atoms with Gasteiger partial charge in [0.1, 0.15) is 0 Å². The van der Waals surface area contributed by atoms with Crippen LogP contribution in [0.5, 0.6) is 0 Å². The zero-order valence-corrected chi connectivity index (χ0v) is 6.08. The molecule has 0 unspecified atom stereocenters. The van der Waals surface area contributed by atoms with E-state index in [0.29, 0.717) is 0 Å². The maximum atomic E-state index is 2.23. The largest absolute Gasteiger partial charge is 0.412 e. The molecule has 0 heterocycles. The van der Waals surface area contributed by atoms with Crippen LogP contribution in [0.15, 0.2) is 0 Å². The Morgan fingerprint density at radius 3 is 1.40 bits per heavy atom. The molecular formula is C3H11AlO. The molecular weight excluding hydrogens is 79.0 g/mol. The molecule has 0 rings (SSSR count). The second-order valence-electron chi connectivity index (χ2n) is 1.73. The fraction of sp³-hybridized carbons (Fsp3) is 1.00. The van der Waals surface area contributed by atoms with Gasteiger partial charge in [-0.25, -0.2) is 0 Å². The molecule has 0 saturated heterocycles. The quantitative estimate of drug-likeness (QED) is 0.363. The lowest BCUT2D eigenvalue weighted by molar-refractivity contribution is 0.824. The highest BCUT2D eigenvalue weighted by molar-refractivity contribution is 6.10. The van der Waals surface area contributed by atoms with Crippen LogP contribution in [0.25, 0.3) is 0 Å². The van der Waals surface area contributed by atoms with Gasteiger partial charge >= 0.3 is 0 Å². The van der Waals surface area contributed by atoms with Crippen LogP contribution in [-0.4, -0.2) is 21.8 Å². The average molecular weight is 90.1 g/mol. The Kier molecular flexibility index (Phi) is 8.17. The molecule has 0 amide bonds. The van der Waals surface area contributed by atoms with E-state index in [1.807, 2.05) is 0 Å². The Morgan fingerprint density at radius 1 is 1.40 bits per heavy atom. The van der Waals surface area contributed by atoms with Crippen LogP contribution in [0.1, 0.15) is 13.8 Å². The Labute approximate surface area is 41.1 Å². The minimum absolute atomic E-state index is 0. The van der Waals surface area contributed by atoms with Gasteiger partial charge in [0.2, 0.25) is 16.3 Å². The molecule has 0 spiro atoms. The maximum absolute atomic E-state index is 2.23. The first-order valence-corrected chi connectivity index (χ1v) is 2.89. The van der Waals surface area contributed by atoms with E-state index in [9.17, 15) is 0 Å². The van der Waals surface area contributed by atoms with Crippen LogP contribution >= 0.6 is 0 Å². The fourth-order valence-corrected chi connectivity index (χ4v) is 0. The zero-order chi connectivity index (χ0) is 3.58. The molecule has 0 aromatic heterocycles. The molecule has 0 aliphatic heterocycles. The predicted octanol–water partition coefficient (Wildman–Crippen LogP) is -0.377. The van der Waals surface area contributed by atoms with E-state index in [4.69, 9.17) is 0 Å². The smallest absolute Gasteiger partial charge is 0.215 e. The summed E-state index contributed by atoms with van der Waals surface area (Å²) in [7, 11) is 0. The van der Waals surface area contributed by atoms with Crippen molar-refractivity contribution in [2.24, 2.45) is 0 Å². The molecule has 32 valence electrons. The van der Waals surface area contributed by atoms with Gasteiger partial charge in [0.05, 0.1) is 0 Å². The Balaban J connectivity index is 0. The van der Waals surface area contributed by atoms with Crippen LogP contribution in [0.2, 0.25) is 4.78 Å². The van der Waals surface area contributed by atoms with Gasteiger partial charge in [-0.3, -0.25) is 0 Å². The standard InChI is InChI=1S/C3H7.Al.H2O.2H/c1-3-2;;;;/h3H,1-2H3;;1H2;;. The average Bonchev–Trinajstić information content (AvgIpc) is 0.811. The van der Waals surface area contributed by atoms with Gasteiger partial charge in [-0.15, -0.1) is 0 Å². The summed E-state index contributed by atoms with van der Waals surface area (Å²) in [4.78, 5) is 0. The van der Waals surface area contributed by atoms with Crippen molar-refractivity contribution < 1.29 is 5.48 Å². The van der Waals surface area contributed by atoms with Crippen molar-refractivity contribution in [2.75, 3.05) is 0 Å². The predicted molar refractivity (Wildman–Crippen MR) is 27.3 cm³/mol. The van der Waals surface area contributed by atoms with E-state index in [-0.39, 0.29) is 5.48 Å². The van der Waals surface area contributed by atoms with Gasteiger partial charge in [-0.05, 0) is 0 Å². The van der Waals surface area contributed by atoms with Gasteiger partial charge in [-0.2, -0.15) is 0 Å². The number of hydrogen-bond donors (Lipinski definition) is 0. The van der Waals surface area contributed by atoms with Crippen LogP contribution in [0.3, 0.4) is 0 Å². The first-order valence-electron chi connectivity index (χ1n) is 1.73. The molecule has 1 nitrogen and oxygen atoms in total. The van der Waals surface area contributed by atoms with Crippen molar-refractivity contribution in [3.8, 4) is 0 Å². The van der Waals surface area contributed by atoms with Crippen molar-refractivity contribution in [3.63, 3.8) is 0 Å². The highest BCUT2D eigenvalue weighted by Gasteiger charge is 1.70. The molecule has 0 aromatic carbocycles. The third kappa shape index (κ3) is 115. The van der Waals surface area contributed by atoms with Crippen LogP contribution < -0.4 is 0 Å². The van der Waals surface area contributed by atoms with Gasteiger partial charge in [0.25, 0.3) is 0 Å². The molecule has 5 heavy (non-hydrogen) atoms. The molecule has 0 saturated carbocycles. The summed E-state index contributed by atoms with van der Waals surface area (Å²) in [6, 6.07) is 0. The monoisotopic (exact) mass is 90.1 g/mol. The van der Waals surface area contributed by atoms with Gasteiger partial charge in [0, 0.05) is 0 Å². The van der Waals surface area contributed by atoms with Crippen molar-refractivity contribution in [2.45, 2.75) is 18.6 Å². The molecule has 0 radical (unpaired) electrons. The summed E-state index contributed by atoms with van der Waals surface area (Å²) in [5.41, 5.74) is 0. The highest BCUT2D eigenvalue weighted by Crippen LogP contribution is 1.84. The molecule has 0 atom stereocenters. The summed E-state index contributed by atoms with van der Waals surface area (Å²) in [5, 5.41) is 0. The minimum Gasteiger partial charge on any atom is -0.412 e. The second-order valence-corrected chi connectivity index (χ2v) is 4.04. The summed E-state index contributed by atoms with van der Waals surface area (Å²) in [6.07, 6.45) is 0. The van der Waals surface area contributed by atoms with Crippen molar-refractivity contribution >= 4 is 16.3 Å². The van der Waals surface area contributed by atoms with E-state index in [1.54, 1.807) is 0 Å². The minimum atomic E-state index is 0. The van der Waals surface area contributed by atoms with E-state index in [0.717, 1.165) is 4.78 Å². The number of rotatable bonds is 0. The van der Waals surface area contributed by atoms with Crippen molar-refractivity contribution in [1.29, 1.82) is 0 Å². The van der Waals surface area contributed by atoms with Gasteiger partial charge in [-0.1, -0.05) is 18.6 Å². The van der Waals surface area contributed by atoms with Gasteiger partial charge in [0.15, 0.2) is 0 Å². The summed E-state index contributed by atoms with van der Waals surface area (Å²) >= 11 is 1.35. The lowest BCUT2D eigenvalue weighted by atomic mass is 10.6. The van der Waals surface area contributed by atoms with E-state index < -0.39 is 0 Å². The Morgan fingerprint density at radius 2 is 1.40 bits per heavy atom. The van der Waals surface area contributed by atoms with Crippen LogP contribution in [0.4, 0.5) is 0 Å². The first kappa shape index (κ1) is 9.09. The lowest BCUT2D eigenvalue weighted by Gasteiger charge is -1.77. The summed E-state index contributed by atoms with van der Waals surface area (Å²) < 4.78 is 0.972. The summed E-state index contributed by atoms with van der Waals surface area (Å²) in [5.74, 6) is 0. The van der Waals surface area contributed by atoms with E-state index in [2.05, 4.69) is 13.8 Å². The molecule has 0 aliphatic rings. The fourth-order valence-electron chi connectivity index (χ4n) is 0.